The summed E-state index contributed by atoms with van der Waals surface area (Å²) < 4.78 is 1.65. The van der Waals surface area contributed by atoms with Crippen LogP contribution in [0.4, 0.5) is 0 Å². The van der Waals surface area contributed by atoms with Crippen LogP contribution in [0.15, 0.2) is 30.5 Å². The lowest BCUT2D eigenvalue weighted by molar-refractivity contribution is 0.0778. The number of carbonyl (C=O) groups is 1. The molecule has 1 aliphatic heterocycles. The number of halogens is 2. The second kappa shape index (κ2) is 8.42. The second-order valence-electron chi connectivity index (χ2n) is 6.91. The van der Waals surface area contributed by atoms with Gasteiger partial charge in [-0.05, 0) is 56.6 Å². The van der Waals surface area contributed by atoms with E-state index in [9.17, 15) is 4.79 Å². The molecule has 26 heavy (non-hydrogen) atoms. The van der Waals surface area contributed by atoms with Gasteiger partial charge < -0.3 is 9.80 Å². The van der Waals surface area contributed by atoms with Crippen molar-refractivity contribution in [3.63, 3.8) is 0 Å². The van der Waals surface area contributed by atoms with Gasteiger partial charge in [0, 0.05) is 25.8 Å². The Morgan fingerprint density at radius 1 is 1.31 bits per heavy atom. The molecule has 1 aliphatic rings. The summed E-state index contributed by atoms with van der Waals surface area (Å²) in [6.45, 7) is 5.91. The number of hydrogen-bond donors (Lipinski definition) is 0. The number of likely N-dealkylation sites (tertiary alicyclic amines) is 1. The van der Waals surface area contributed by atoms with Gasteiger partial charge in [-0.3, -0.25) is 4.79 Å². The van der Waals surface area contributed by atoms with Gasteiger partial charge in [0.2, 0.25) is 0 Å². The van der Waals surface area contributed by atoms with Crippen molar-refractivity contribution in [2.45, 2.75) is 19.8 Å². The smallest absolute Gasteiger partial charge is 0.274 e. The van der Waals surface area contributed by atoms with Crippen LogP contribution in [0.5, 0.6) is 0 Å². The van der Waals surface area contributed by atoms with Crippen LogP contribution in [0.2, 0.25) is 10.0 Å². The zero-order valence-corrected chi connectivity index (χ0v) is 16.7. The van der Waals surface area contributed by atoms with Gasteiger partial charge in [-0.25, -0.2) is 4.68 Å². The summed E-state index contributed by atoms with van der Waals surface area (Å²) in [6.07, 6.45) is 3.97. The van der Waals surface area contributed by atoms with Crippen LogP contribution in [-0.2, 0) is 0 Å². The molecule has 0 N–H and O–H groups in total. The summed E-state index contributed by atoms with van der Waals surface area (Å²) in [5.74, 6) is 0.525. The van der Waals surface area contributed by atoms with Crippen LogP contribution in [0.3, 0.4) is 0 Å². The third-order valence-corrected chi connectivity index (χ3v) is 5.46. The van der Waals surface area contributed by atoms with Crippen LogP contribution in [0.1, 0.15) is 30.3 Å². The fourth-order valence-electron chi connectivity index (χ4n) is 3.45. The minimum atomic E-state index is -0.00976. The van der Waals surface area contributed by atoms with E-state index in [0.717, 1.165) is 44.7 Å². The molecule has 0 bridgehead atoms. The van der Waals surface area contributed by atoms with Gasteiger partial charge >= 0.3 is 0 Å². The molecule has 0 saturated carbocycles. The van der Waals surface area contributed by atoms with Crippen molar-refractivity contribution >= 4 is 29.1 Å². The topological polar surface area (TPSA) is 41.4 Å². The molecule has 1 aromatic heterocycles. The van der Waals surface area contributed by atoms with E-state index in [2.05, 4.69) is 24.0 Å². The molecular weight excluding hydrogens is 371 g/mol. The molecule has 1 unspecified atom stereocenters. The quantitative estimate of drug-likeness (QED) is 0.743. The molecular formula is C19H24Cl2N4O. The minimum absolute atomic E-state index is 0.00976. The van der Waals surface area contributed by atoms with Gasteiger partial charge in [-0.2, -0.15) is 5.10 Å². The summed E-state index contributed by atoms with van der Waals surface area (Å²) in [6, 6.07) is 7.03. The van der Waals surface area contributed by atoms with Gasteiger partial charge in [-0.15, -0.1) is 0 Å². The number of amides is 1. The maximum atomic E-state index is 12.8. The van der Waals surface area contributed by atoms with E-state index in [4.69, 9.17) is 23.2 Å². The van der Waals surface area contributed by atoms with E-state index in [1.165, 1.54) is 0 Å². The van der Waals surface area contributed by atoms with Crippen molar-refractivity contribution in [2.75, 3.05) is 33.2 Å². The van der Waals surface area contributed by atoms with Crippen molar-refractivity contribution in [1.29, 1.82) is 0 Å². The van der Waals surface area contributed by atoms with E-state index in [1.54, 1.807) is 29.1 Å². The first kappa shape index (κ1) is 19.2. The van der Waals surface area contributed by atoms with Gasteiger partial charge in [0.05, 0.1) is 15.7 Å². The van der Waals surface area contributed by atoms with Gasteiger partial charge in [0.1, 0.15) is 0 Å². The normalized spacial score (nSPS) is 17.3. The summed E-state index contributed by atoms with van der Waals surface area (Å²) in [5, 5.41) is 5.38. The lowest BCUT2D eigenvalue weighted by atomic mass is 10.1. The maximum Gasteiger partial charge on any atom is 0.274 e. The largest absolute Gasteiger partial charge is 0.337 e. The molecule has 140 valence electrons. The molecule has 7 heteroatoms. The Morgan fingerprint density at radius 3 is 2.85 bits per heavy atom. The molecule has 1 aromatic carbocycles. The van der Waals surface area contributed by atoms with E-state index >= 15 is 0 Å². The first-order valence-electron chi connectivity index (χ1n) is 8.97. The second-order valence-corrected chi connectivity index (χ2v) is 7.73. The fraction of sp³-hybridized carbons (Fsp3) is 0.474. The van der Waals surface area contributed by atoms with Crippen molar-refractivity contribution in [3.8, 4) is 5.69 Å². The van der Waals surface area contributed by atoms with Crippen LogP contribution in [0.25, 0.3) is 5.69 Å². The van der Waals surface area contributed by atoms with Crippen molar-refractivity contribution < 1.29 is 4.79 Å². The molecule has 3 rings (SSSR count). The number of carbonyl (C=O) groups excluding carboxylic acids is 1. The highest BCUT2D eigenvalue weighted by Gasteiger charge is 2.28. The summed E-state index contributed by atoms with van der Waals surface area (Å²) in [7, 11) is 2.15. The van der Waals surface area contributed by atoms with Crippen LogP contribution < -0.4 is 0 Å². The van der Waals surface area contributed by atoms with Crippen LogP contribution in [-0.4, -0.2) is 58.7 Å². The molecule has 1 saturated heterocycles. The Balaban J connectivity index is 1.64. The van der Waals surface area contributed by atoms with Crippen molar-refractivity contribution in [1.82, 2.24) is 19.6 Å². The molecule has 2 heterocycles. The average molecular weight is 395 g/mol. The third kappa shape index (κ3) is 4.40. The number of rotatable bonds is 6. The van der Waals surface area contributed by atoms with E-state index in [1.807, 2.05) is 11.0 Å². The fourth-order valence-corrected chi connectivity index (χ4v) is 3.74. The molecule has 0 aliphatic carbocycles. The highest BCUT2D eigenvalue weighted by atomic mass is 35.5. The highest BCUT2D eigenvalue weighted by molar-refractivity contribution is 6.42. The van der Waals surface area contributed by atoms with E-state index in [-0.39, 0.29) is 5.91 Å². The van der Waals surface area contributed by atoms with Crippen LogP contribution in [0, 0.1) is 5.92 Å². The Morgan fingerprint density at radius 2 is 2.12 bits per heavy atom. The molecule has 5 nitrogen and oxygen atoms in total. The molecule has 0 radical (unpaired) electrons. The minimum Gasteiger partial charge on any atom is -0.337 e. The highest BCUT2D eigenvalue weighted by Crippen LogP contribution is 2.24. The first-order valence-corrected chi connectivity index (χ1v) is 9.72. The van der Waals surface area contributed by atoms with Crippen molar-refractivity contribution in [2.24, 2.45) is 5.92 Å². The Hall–Kier alpha value is -1.56. The number of aromatic nitrogens is 2. The Bertz CT molecular complexity index is 777. The Labute approximate surface area is 164 Å². The van der Waals surface area contributed by atoms with Crippen LogP contribution >= 0.6 is 23.2 Å². The summed E-state index contributed by atoms with van der Waals surface area (Å²) in [5.41, 5.74) is 1.23. The number of benzene rings is 1. The van der Waals surface area contributed by atoms with Gasteiger partial charge in [-0.1, -0.05) is 30.1 Å². The standard InChI is InChI=1S/C19H24Cl2N4O/c1-3-8-23(2)12-14-6-9-24(13-14)19(26)18-7-10-25(22-18)15-4-5-16(20)17(21)11-15/h4-5,7,10-11,14H,3,6,8-9,12-13H2,1-2H3. The predicted molar refractivity (Wildman–Crippen MR) is 105 cm³/mol. The molecule has 1 amide bonds. The number of nitrogens with zero attached hydrogens (tertiary/aromatic N) is 4. The molecule has 0 spiro atoms. The molecule has 1 atom stereocenters. The van der Waals surface area contributed by atoms with E-state index < -0.39 is 0 Å². The Kier molecular flexibility index (Phi) is 6.22. The maximum absolute atomic E-state index is 12.8. The monoisotopic (exact) mass is 394 g/mol. The lowest BCUT2D eigenvalue weighted by Gasteiger charge is -2.20. The molecule has 2 aromatic rings. The number of hydrogen-bond acceptors (Lipinski definition) is 3. The first-order chi connectivity index (χ1) is 12.5. The predicted octanol–water partition coefficient (Wildman–Crippen LogP) is 3.98. The third-order valence-electron chi connectivity index (χ3n) is 4.72. The zero-order valence-electron chi connectivity index (χ0n) is 15.2. The SMILES string of the molecule is CCCN(C)CC1CCN(C(=O)c2ccn(-c3ccc(Cl)c(Cl)c3)n2)C1. The average Bonchev–Trinajstić information content (AvgIpc) is 3.26. The van der Waals surface area contributed by atoms with E-state index in [0.29, 0.717) is 21.7 Å². The van der Waals surface area contributed by atoms with Crippen molar-refractivity contribution in [3.05, 3.63) is 46.2 Å². The molecule has 1 fully saturated rings. The lowest BCUT2D eigenvalue weighted by Crippen LogP contribution is -2.32. The van der Waals surface area contributed by atoms with Gasteiger partial charge in [0.15, 0.2) is 5.69 Å². The summed E-state index contributed by atoms with van der Waals surface area (Å²) in [4.78, 5) is 17.0. The zero-order chi connectivity index (χ0) is 18.7. The summed E-state index contributed by atoms with van der Waals surface area (Å²) >= 11 is 12.0. The van der Waals surface area contributed by atoms with Gasteiger partial charge in [0.25, 0.3) is 5.91 Å².